The highest BCUT2D eigenvalue weighted by atomic mass is 16.6. The minimum Gasteiger partial charge on any atom is -0.496 e. The smallest absolute Gasteiger partial charge is 0.319 e. The normalized spacial score (nSPS) is 11.4. The van der Waals surface area contributed by atoms with Crippen molar-refractivity contribution in [1.29, 1.82) is 0 Å². The van der Waals surface area contributed by atoms with E-state index in [1.54, 1.807) is 24.3 Å². The summed E-state index contributed by atoms with van der Waals surface area (Å²) in [6.45, 7) is -0.0405. The van der Waals surface area contributed by atoms with Crippen LogP contribution in [-0.2, 0) is 0 Å². The molecule has 2 aromatic carbocycles. The molecule has 3 N–H and O–H groups in total. The first-order valence-corrected chi connectivity index (χ1v) is 7.11. The number of hydrogen-bond donors (Lipinski definition) is 3. The van der Waals surface area contributed by atoms with Crippen molar-refractivity contribution in [3.05, 3.63) is 64.2 Å². The van der Waals surface area contributed by atoms with Crippen LogP contribution in [0.1, 0.15) is 11.7 Å². The standard InChI is InChI=1S/C16H17N3O5/c1-24-15-8-3-2-7-13(15)14(20)10-17-16(21)18-11-5-4-6-12(9-11)19(22)23/h2-9,14,20H,10H2,1H3,(H2,17,18,21)/t14-/m1/s1. The summed E-state index contributed by atoms with van der Waals surface area (Å²) in [6, 6.07) is 11.9. The third-order valence-electron chi connectivity index (χ3n) is 3.27. The van der Waals surface area contributed by atoms with E-state index in [9.17, 15) is 20.0 Å². The first-order valence-electron chi connectivity index (χ1n) is 7.11. The molecule has 2 rings (SSSR count). The number of para-hydroxylation sites is 1. The fourth-order valence-electron chi connectivity index (χ4n) is 2.11. The van der Waals surface area contributed by atoms with E-state index in [-0.39, 0.29) is 17.9 Å². The average molecular weight is 331 g/mol. The van der Waals surface area contributed by atoms with Gasteiger partial charge in [-0.2, -0.15) is 0 Å². The van der Waals surface area contributed by atoms with Crippen LogP contribution in [0.2, 0.25) is 0 Å². The Morgan fingerprint density at radius 1 is 1.29 bits per heavy atom. The molecule has 0 heterocycles. The number of methoxy groups -OCH3 is 1. The average Bonchev–Trinajstić information content (AvgIpc) is 2.59. The number of aliphatic hydroxyl groups is 1. The number of carbonyl (C=O) groups excluding carboxylic acids is 1. The number of nitrogens with zero attached hydrogens (tertiary/aromatic N) is 1. The maximum Gasteiger partial charge on any atom is 0.319 e. The maximum absolute atomic E-state index is 11.8. The van der Waals surface area contributed by atoms with Crippen LogP contribution in [0, 0.1) is 10.1 Å². The minimum absolute atomic E-state index is 0.0405. The van der Waals surface area contributed by atoms with Gasteiger partial charge in [0.25, 0.3) is 5.69 Å². The van der Waals surface area contributed by atoms with Crippen molar-refractivity contribution in [2.75, 3.05) is 19.0 Å². The first-order chi connectivity index (χ1) is 11.5. The van der Waals surface area contributed by atoms with Gasteiger partial charge in [0.05, 0.1) is 18.1 Å². The lowest BCUT2D eigenvalue weighted by Crippen LogP contribution is -2.32. The molecule has 2 aromatic rings. The Kier molecular flexibility index (Phi) is 5.69. The minimum atomic E-state index is -0.947. The largest absolute Gasteiger partial charge is 0.496 e. The number of anilines is 1. The van der Waals surface area contributed by atoms with E-state index in [2.05, 4.69) is 10.6 Å². The summed E-state index contributed by atoms with van der Waals surface area (Å²) in [5.41, 5.74) is 0.714. The van der Waals surface area contributed by atoms with Crippen LogP contribution in [-0.4, -0.2) is 29.7 Å². The van der Waals surface area contributed by atoms with E-state index in [1.807, 2.05) is 0 Å². The summed E-state index contributed by atoms with van der Waals surface area (Å²) in [5, 5.41) is 25.8. The summed E-state index contributed by atoms with van der Waals surface area (Å²) in [5.74, 6) is 0.519. The van der Waals surface area contributed by atoms with E-state index in [0.29, 0.717) is 11.3 Å². The number of urea groups is 1. The van der Waals surface area contributed by atoms with Crippen molar-refractivity contribution in [3.8, 4) is 5.75 Å². The zero-order chi connectivity index (χ0) is 17.5. The molecule has 0 saturated carbocycles. The van der Waals surface area contributed by atoms with Gasteiger partial charge in [0.2, 0.25) is 0 Å². The SMILES string of the molecule is COc1ccccc1[C@H](O)CNC(=O)Nc1cccc([N+](=O)[O-])c1. The number of aliphatic hydroxyl groups excluding tert-OH is 1. The maximum atomic E-state index is 11.8. The van der Waals surface area contributed by atoms with E-state index >= 15 is 0 Å². The second kappa shape index (κ2) is 7.93. The van der Waals surface area contributed by atoms with Crippen molar-refractivity contribution < 1.29 is 19.6 Å². The highest BCUT2D eigenvalue weighted by Crippen LogP contribution is 2.24. The molecule has 1 atom stereocenters. The lowest BCUT2D eigenvalue weighted by atomic mass is 10.1. The Balaban J connectivity index is 1.93. The first kappa shape index (κ1) is 17.2. The second-order valence-corrected chi connectivity index (χ2v) is 4.90. The number of non-ortho nitro benzene ring substituents is 1. The van der Waals surface area contributed by atoms with Crippen molar-refractivity contribution in [2.45, 2.75) is 6.10 Å². The van der Waals surface area contributed by atoms with Gasteiger partial charge in [0, 0.05) is 29.9 Å². The number of amides is 2. The van der Waals surface area contributed by atoms with Crippen LogP contribution in [0.3, 0.4) is 0 Å². The Hall–Kier alpha value is -3.13. The molecule has 2 amide bonds. The number of benzene rings is 2. The van der Waals surface area contributed by atoms with Crippen LogP contribution < -0.4 is 15.4 Å². The summed E-state index contributed by atoms with van der Waals surface area (Å²) >= 11 is 0. The molecule has 24 heavy (non-hydrogen) atoms. The van der Waals surface area contributed by atoms with Gasteiger partial charge in [-0.15, -0.1) is 0 Å². The molecule has 8 nitrogen and oxygen atoms in total. The van der Waals surface area contributed by atoms with Gasteiger partial charge in [0.15, 0.2) is 0 Å². The van der Waals surface area contributed by atoms with E-state index in [0.717, 1.165) is 0 Å². The van der Waals surface area contributed by atoms with E-state index in [1.165, 1.54) is 31.4 Å². The van der Waals surface area contributed by atoms with E-state index in [4.69, 9.17) is 4.74 Å². The Morgan fingerprint density at radius 2 is 2.04 bits per heavy atom. The molecule has 0 radical (unpaired) electrons. The predicted octanol–water partition coefficient (Wildman–Crippen LogP) is 2.46. The van der Waals surface area contributed by atoms with Crippen molar-refractivity contribution >= 4 is 17.4 Å². The zero-order valence-corrected chi connectivity index (χ0v) is 12.9. The quantitative estimate of drug-likeness (QED) is 0.556. The number of nitro benzene ring substituents is 1. The summed E-state index contributed by atoms with van der Waals surface area (Å²) < 4.78 is 5.15. The third kappa shape index (κ3) is 4.43. The van der Waals surface area contributed by atoms with Crippen LogP contribution in [0.15, 0.2) is 48.5 Å². The Morgan fingerprint density at radius 3 is 2.75 bits per heavy atom. The zero-order valence-electron chi connectivity index (χ0n) is 12.9. The fraction of sp³-hybridized carbons (Fsp3) is 0.188. The lowest BCUT2D eigenvalue weighted by molar-refractivity contribution is -0.384. The molecule has 126 valence electrons. The molecule has 0 unspecified atom stereocenters. The highest BCUT2D eigenvalue weighted by molar-refractivity contribution is 5.89. The third-order valence-corrected chi connectivity index (χ3v) is 3.27. The molecular formula is C16H17N3O5. The van der Waals surface area contributed by atoms with E-state index < -0.39 is 17.1 Å². The van der Waals surface area contributed by atoms with Crippen molar-refractivity contribution in [2.24, 2.45) is 0 Å². The van der Waals surface area contributed by atoms with Crippen LogP contribution in [0.5, 0.6) is 5.75 Å². The Labute approximate surface area is 138 Å². The molecule has 0 aliphatic rings. The molecule has 0 saturated heterocycles. The summed E-state index contributed by atoms with van der Waals surface area (Å²) in [6.07, 6.45) is -0.947. The van der Waals surface area contributed by atoms with Gasteiger partial charge in [-0.25, -0.2) is 4.79 Å². The number of rotatable bonds is 6. The monoisotopic (exact) mass is 331 g/mol. The molecule has 0 aliphatic carbocycles. The Bertz CT molecular complexity index is 735. The van der Waals surface area contributed by atoms with Gasteiger partial charge in [-0.1, -0.05) is 24.3 Å². The summed E-state index contributed by atoms with van der Waals surface area (Å²) in [4.78, 5) is 22.0. The number of nitro groups is 1. The lowest BCUT2D eigenvalue weighted by Gasteiger charge is -2.15. The van der Waals surface area contributed by atoms with Gasteiger partial charge in [0.1, 0.15) is 5.75 Å². The molecule has 0 fully saturated rings. The highest BCUT2D eigenvalue weighted by Gasteiger charge is 2.14. The number of carbonyl (C=O) groups is 1. The van der Waals surface area contributed by atoms with Gasteiger partial charge in [-0.3, -0.25) is 10.1 Å². The molecule has 0 aromatic heterocycles. The molecule has 0 aliphatic heterocycles. The molecular weight excluding hydrogens is 314 g/mol. The van der Waals surface area contributed by atoms with Gasteiger partial charge >= 0.3 is 6.03 Å². The molecule has 8 heteroatoms. The van der Waals surface area contributed by atoms with Crippen molar-refractivity contribution in [3.63, 3.8) is 0 Å². The summed E-state index contributed by atoms with van der Waals surface area (Å²) in [7, 11) is 1.49. The van der Waals surface area contributed by atoms with Crippen LogP contribution in [0.4, 0.5) is 16.2 Å². The molecule has 0 spiro atoms. The fourth-order valence-corrected chi connectivity index (χ4v) is 2.11. The van der Waals surface area contributed by atoms with Crippen LogP contribution in [0.25, 0.3) is 0 Å². The predicted molar refractivity (Wildman–Crippen MR) is 88.1 cm³/mol. The van der Waals surface area contributed by atoms with Crippen molar-refractivity contribution in [1.82, 2.24) is 5.32 Å². The molecule has 0 bridgehead atoms. The number of hydrogen-bond acceptors (Lipinski definition) is 5. The van der Waals surface area contributed by atoms with Gasteiger partial charge < -0.3 is 20.5 Å². The van der Waals surface area contributed by atoms with Crippen LogP contribution >= 0.6 is 0 Å². The number of nitrogens with one attached hydrogen (secondary N) is 2. The number of ether oxygens (including phenoxy) is 1. The topological polar surface area (TPSA) is 114 Å². The van der Waals surface area contributed by atoms with Gasteiger partial charge in [-0.05, 0) is 12.1 Å². The second-order valence-electron chi connectivity index (χ2n) is 4.90.